The number of carbonyl (C=O) groups excluding carboxylic acids is 1. The van der Waals surface area contributed by atoms with Crippen LogP contribution in [-0.4, -0.2) is 42.3 Å². The highest BCUT2D eigenvalue weighted by molar-refractivity contribution is 5.69. The van der Waals surface area contributed by atoms with E-state index in [-0.39, 0.29) is 12.1 Å². The van der Waals surface area contributed by atoms with E-state index in [1.807, 2.05) is 45.9 Å². The molecule has 0 bridgehead atoms. The minimum absolute atomic E-state index is 0.0433. The van der Waals surface area contributed by atoms with Crippen LogP contribution in [0.1, 0.15) is 27.7 Å². The van der Waals surface area contributed by atoms with Gasteiger partial charge in [-0.25, -0.2) is 4.79 Å². The Bertz CT molecular complexity index is 619. The van der Waals surface area contributed by atoms with Crippen molar-refractivity contribution >= 4 is 17.5 Å². The van der Waals surface area contributed by atoms with Gasteiger partial charge < -0.3 is 14.5 Å². The highest BCUT2D eigenvalue weighted by Crippen LogP contribution is 2.25. The first-order chi connectivity index (χ1) is 10.8. The number of azide groups is 1. The van der Waals surface area contributed by atoms with Crippen LogP contribution in [0.3, 0.4) is 0 Å². The predicted molar refractivity (Wildman–Crippen MR) is 89.9 cm³/mol. The second-order valence-corrected chi connectivity index (χ2v) is 6.68. The lowest BCUT2D eigenvalue weighted by atomic mass is 10.1. The van der Waals surface area contributed by atoms with Crippen LogP contribution in [0.15, 0.2) is 29.4 Å². The quantitative estimate of drug-likeness (QED) is 0.468. The lowest BCUT2D eigenvalue weighted by Crippen LogP contribution is -2.55. The van der Waals surface area contributed by atoms with Crippen LogP contribution in [0.5, 0.6) is 0 Å². The topological polar surface area (TPSA) is 81.5 Å². The van der Waals surface area contributed by atoms with Crippen molar-refractivity contribution < 1.29 is 9.53 Å². The Balaban J connectivity index is 2.05. The second-order valence-electron chi connectivity index (χ2n) is 6.68. The summed E-state index contributed by atoms with van der Waals surface area (Å²) in [4.78, 5) is 19.0. The van der Waals surface area contributed by atoms with Gasteiger partial charge in [-0.3, -0.25) is 0 Å². The van der Waals surface area contributed by atoms with Crippen molar-refractivity contribution in [1.82, 2.24) is 4.90 Å². The third-order valence-corrected chi connectivity index (χ3v) is 3.61. The Morgan fingerprint density at radius 2 is 2.13 bits per heavy atom. The zero-order valence-electron chi connectivity index (χ0n) is 14.1. The highest BCUT2D eigenvalue weighted by atomic mass is 16.6. The lowest BCUT2D eigenvalue weighted by Gasteiger charge is -2.41. The Morgan fingerprint density at radius 1 is 1.39 bits per heavy atom. The molecule has 124 valence electrons. The summed E-state index contributed by atoms with van der Waals surface area (Å²) in [5.41, 5.74) is 9.63. The highest BCUT2D eigenvalue weighted by Gasteiger charge is 2.30. The molecule has 0 radical (unpaired) electrons. The molecule has 7 heteroatoms. The van der Waals surface area contributed by atoms with E-state index in [0.717, 1.165) is 5.69 Å². The smallest absolute Gasteiger partial charge is 0.410 e. The fourth-order valence-corrected chi connectivity index (χ4v) is 2.59. The molecule has 1 atom stereocenters. The van der Waals surface area contributed by atoms with E-state index in [4.69, 9.17) is 10.3 Å². The minimum atomic E-state index is -0.489. The molecule has 23 heavy (non-hydrogen) atoms. The number of rotatable bonds is 2. The fraction of sp³-hybridized carbons (Fsp3) is 0.562. The molecule has 0 aromatic heterocycles. The number of hydrogen-bond donors (Lipinski definition) is 0. The molecular formula is C16H23N5O2. The van der Waals surface area contributed by atoms with Gasteiger partial charge in [-0.2, -0.15) is 0 Å². The number of anilines is 1. The predicted octanol–water partition coefficient (Wildman–Crippen LogP) is 4.07. The lowest BCUT2D eigenvalue weighted by molar-refractivity contribution is 0.0159. The van der Waals surface area contributed by atoms with Gasteiger partial charge in [-0.05, 0) is 45.4 Å². The molecule has 1 aliphatic rings. The van der Waals surface area contributed by atoms with Crippen LogP contribution in [0.2, 0.25) is 0 Å². The summed E-state index contributed by atoms with van der Waals surface area (Å²) in [6.07, 6.45) is -0.271. The summed E-state index contributed by atoms with van der Waals surface area (Å²) in [6, 6.07) is 7.51. The molecule has 1 amide bonds. The summed E-state index contributed by atoms with van der Waals surface area (Å²) >= 11 is 0. The van der Waals surface area contributed by atoms with Gasteiger partial charge in [0.05, 0.1) is 0 Å². The van der Waals surface area contributed by atoms with Crippen molar-refractivity contribution in [1.29, 1.82) is 0 Å². The van der Waals surface area contributed by atoms with Crippen LogP contribution in [0.4, 0.5) is 16.2 Å². The molecule has 7 nitrogen and oxygen atoms in total. The third kappa shape index (κ3) is 4.53. The molecule has 1 fully saturated rings. The van der Waals surface area contributed by atoms with E-state index < -0.39 is 5.60 Å². The summed E-state index contributed by atoms with van der Waals surface area (Å²) in [5.74, 6) is 0. The van der Waals surface area contributed by atoms with E-state index in [1.165, 1.54) is 0 Å². The molecule has 1 aromatic rings. The van der Waals surface area contributed by atoms with Crippen molar-refractivity contribution in [2.24, 2.45) is 5.11 Å². The van der Waals surface area contributed by atoms with E-state index in [0.29, 0.717) is 25.3 Å². The maximum Gasteiger partial charge on any atom is 0.410 e. The second kappa shape index (κ2) is 6.79. The molecule has 1 heterocycles. The first kappa shape index (κ1) is 17.0. The standard InChI is InChI=1S/C16H23N5O2/c1-12-11-20(14-7-5-6-13(10-14)18-19-17)8-9-21(12)15(22)23-16(2,3)4/h5-7,10,12H,8-9,11H2,1-4H3/t12-/m0/s1. The van der Waals surface area contributed by atoms with Gasteiger partial charge in [-0.1, -0.05) is 17.2 Å². The Hall–Kier alpha value is -2.40. The number of benzene rings is 1. The van der Waals surface area contributed by atoms with Crippen molar-refractivity contribution in [2.75, 3.05) is 24.5 Å². The average Bonchev–Trinajstić information content (AvgIpc) is 2.46. The first-order valence-corrected chi connectivity index (χ1v) is 7.70. The van der Waals surface area contributed by atoms with Crippen LogP contribution in [0.25, 0.3) is 10.4 Å². The summed E-state index contributed by atoms with van der Waals surface area (Å²) in [7, 11) is 0. The van der Waals surface area contributed by atoms with Gasteiger partial charge in [0.1, 0.15) is 5.60 Å². The molecule has 0 aliphatic carbocycles. The van der Waals surface area contributed by atoms with Crippen molar-refractivity contribution in [2.45, 2.75) is 39.3 Å². The number of hydrogen-bond acceptors (Lipinski definition) is 4. The largest absolute Gasteiger partial charge is 0.444 e. The monoisotopic (exact) mass is 317 g/mol. The first-order valence-electron chi connectivity index (χ1n) is 7.70. The van der Waals surface area contributed by atoms with Crippen LogP contribution >= 0.6 is 0 Å². The molecule has 1 saturated heterocycles. The number of ether oxygens (including phenoxy) is 1. The molecule has 0 spiro atoms. The number of piperazine rings is 1. The van der Waals surface area contributed by atoms with Gasteiger partial charge in [-0.15, -0.1) is 0 Å². The van der Waals surface area contributed by atoms with E-state index in [1.54, 1.807) is 11.0 Å². The molecule has 0 saturated carbocycles. The molecule has 2 rings (SSSR count). The Labute approximate surface area is 136 Å². The molecule has 0 unspecified atom stereocenters. The zero-order chi connectivity index (χ0) is 17.0. The minimum Gasteiger partial charge on any atom is -0.444 e. The van der Waals surface area contributed by atoms with Gasteiger partial charge in [0.25, 0.3) is 0 Å². The van der Waals surface area contributed by atoms with Crippen molar-refractivity contribution in [3.05, 3.63) is 34.7 Å². The van der Waals surface area contributed by atoms with Crippen molar-refractivity contribution in [3.8, 4) is 0 Å². The van der Waals surface area contributed by atoms with E-state index in [9.17, 15) is 4.79 Å². The Kier molecular flexibility index (Phi) is 5.01. The van der Waals surface area contributed by atoms with Gasteiger partial charge in [0, 0.05) is 42.0 Å². The molecular weight excluding hydrogens is 294 g/mol. The van der Waals surface area contributed by atoms with E-state index in [2.05, 4.69) is 14.9 Å². The molecule has 1 aromatic carbocycles. The van der Waals surface area contributed by atoms with Gasteiger partial charge >= 0.3 is 6.09 Å². The molecule has 0 N–H and O–H groups in total. The van der Waals surface area contributed by atoms with E-state index >= 15 is 0 Å². The van der Waals surface area contributed by atoms with Gasteiger partial charge in [0.2, 0.25) is 0 Å². The fourth-order valence-electron chi connectivity index (χ4n) is 2.59. The summed E-state index contributed by atoms with van der Waals surface area (Å²) in [6.45, 7) is 9.63. The van der Waals surface area contributed by atoms with Crippen LogP contribution in [-0.2, 0) is 4.74 Å². The third-order valence-electron chi connectivity index (χ3n) is 3.61. The summed E-state index contributed by atoms with van der Waals surface area (Å²) < 4.78 is 5.45. The maximum absolute atomic E-state index is 12.2. The average molecular weight is 317 g/mol. The van der Waals surface area contributed by atoms with Crippen LogP contribution in [0, 0.1) is 0 Å². The Morgan fingerprint density at radius 3 is 2.74 bits per heavy atom. The zero-order valence-corrected chi connectivity index (χ0v) is 14.1. The van der Waals surface area contributed by atoms with Crippen LogP contribution < -0.4 is 4.90 Å². The number of carbonyl (C=O) groups is 1. The van der Waals surface area contributed by atoms with Gasteiger partial charge in [0.15, 0.2) is 0 Å². The SMILES string of the molecule is C[C@H]1CN(c2cccc(N=[N+]=[N-])c2)CCN1C(=O)OC(C)(C)C. The summed E-state index contributed by atoms with van der Waals surface area (Å²) in [5, 5.41) is 3.63. The normalized spacial score (nSPS) is 18.3. The number of nitrogens with zero attached hydrogens (tertiary/aromatic N) is 5. The maximum atomic E-state index is 12.2. The molecule has 1 aliphatic heterocycles. The van der Waals surface area contributed by atoms with Crippen molar-refractivity contribution in [3.63, 3.8) is 0 Å². The number of amides is 1.